The summed E-state index contributed by atoms with van der Waals surface area (Å²) in [5.74, 6) is 5.32. The van der Waals surface area contributed by atoms with Gasteiger partial charge in [-0.05, 0) is 44.2 Å². The van der Waals surface area contributed by atoms with E-state index in [1.165, 1.54) is 0 Å². The fourth-order valence-electron chi connectivity index (χ4n) is 2.74. The van der Waals surface area contributed by atoms with Crippen molar-refractivity contribution in [3.8, 4) is 0 Å². The molecule has 0 heterocycles. The zero-order valence-electron chi connectivity index (χ0n) is 11.6. The normalized spacial score (nSPS) is 23.1. The summed E-state index contributed by atoms with van der Waals surface area (Å²) in [6.07, 6.45) is 3.91. The second kappa shape index (κ2) is 6.17. The lowest BCUT2D eigenvalue weighted by molar-refractivity contribution is 0.00992. The number of rotatable bonds is 3. The third kappa shape index (κ3) is 3.14. The number of carbonyl (C=O) groups is 1. The Hall–Kier alpha value is -1.39. The van der Waals surface area contributed by atoms with Gasteiger partial charge >= 0.3 is 0 Å². The Morgan fingerprint density at radius 2 is 1.89 bits per heavy atom. The largest absolute Gasteiger partial charge is 0.339 e. The lowest BCUT2D eigenvalue weighted by Gasteiger charge is -2.34. The molecule has 1 aliphatic rings. The summed E-state index contributed by atoms with van der Waals surface area (Å²) in [5, 5.41) is 0. The van der Waals surface area contributed by atoms with Gasteiger partial charge in [0.05, 0.1) is 6.10 Å². The molecule has 2 N–H and O–H groups in total. The average molecular weight is 262 g/mol. The van der Waals surface area contributed by atoms with Crippen molar-refractivity contribution in [2.24, 2.45) is 5.90 Å². The first-order chi connectivity index (χ1) is 9.13. The van der Waals surface area contributed by atoms with E-state index in [1.807, 2.05) is 43.1 Å². The molecule has 0 bridgehead atoms. The van der Waals surface area contributed by atoms with Crippen LogP contribution in [0.3, 0.4) is 0 Å². The van der Waals surface area contributed by atoms with Crippen LogP contribution in [0.5, 0.6) is 0 Å². The highest BCUT2D eigenvalue weighted by Gasteiger charge is 2.27. The number of nitrogens with zero attached hydrogens (tertiary/aromatic N) is 1. The summed E-state index contributed by atoms with van der Waals surface area (Å²) in [5.41, 5.74) is 1.82. The van der Waals surface area contributed by atoms with Crippen LogP contribution >= 0.6 is 0 Å². The molecule has 1 amide bonds. The van der Waals surface area contributed by atoms with Gasteiger partial charge in [0.15, 0.2) is 0 Å². The average Bonchev–Trinajstić information content (AvgIpc) is 2.46. The molecular weight excluding hydrogens is 240 g/mol. The highest BCUT2D eigenvalue weighted by atomic mass is 16.6. The second-order valence-electron chi connectivity index (χ2n) is 5.30. The van der Waals surface area contributed by atoms with Crippen molar-refractivity contribution in [1.82, 2.24) is 4.90 Å². The van der Waals surface area contributed by atoms with E-state index < -0.39 is 0 Å². The van der Waals surface area contributed by atoms with Gasteiger partial charge in [0.2, 0.25) is 0 Å². The topological polar surface area (TPSA) is 55.6 Å². The number of hydrogen-bond donors (Lipinski definition) is 1. The number of benzene rings is 1. The fourth-order valence-corrected chi connectivity index (χ4v) is 2.74. The van der Waals surface area contributed by atoms with Gasteiger partial charge in [0.1, 0.15) is 0 Å². The molecule has 2 rings (SSSR count). The van der Waals surface area contributed by atoms with Gasteiger partial charge < -0.3 is 9.74 Å². The summed E-state index contributed by atoms with van der Waals surface area (Å²) in [7, 11) is 1.89. The summed E-state index contributed by atoms with van der Waals surface area (Å²) in [4.78, 5) is 19.2. The van der Waals surface area contributed by atoms with Crippen molar-refractivity contribution in [3.05, 3.63) is 35.4 Å². The van der Waals surface area contributed by atoms with Gasteiger partial charge in [0, 0.05) is 18.7 Å². The molecule has 19 heavy (non-hydrogen) atoms. The standard InChI is InChI=1S/C15H22N2O2/c1-11-5-3-4-6-14(11)15(18)17(2)12-7-9-13(19-16)10-8-12/h3-6,12-13H,7-10,16H2,1-2H3. The minimum atomic E-state index is 0.107. The van der Waals surface area contributed by atoms with Crippen LogP contribution in [-0.4, -0.2) is 30.0 Å². The Balaban J connectivity index is 2.02. The predicted octanol–water partition coefficient (Wildman–Crippen LogP) is 2.27. The van der Waals surface area contributed by atoms with Crippen molar-refractivity contribution in [1.29, 1.82) is 0 Å². The van der Waals surface area contributed by atoms with Gasteiger partial charge in [-0.15, -0.1) is 0 Å². The van der Waals surface area contributed by atoms with Crippen LogP contribution in [0.15, 0.2) is 24.3 Å². The van der Waals surface area contributed by atoms with E-state index in [1.54, 1.807) is 0 Å². The first kappa shape index (κ1) is 14.0. The zero-order valence-corrected chi connectivity index (χ0v) is 11.6. The van der Waals surface area contributed by atoms with Crippen LogP contribution in [0.2, 0.25) is 0 Å². The van der Waals surface area contributed by atoms with Crippen molar-refractivity contribution >= 4 is 5.91 Å². The van der Waals surface area contributed by atoms with Crippen LogP contribution in [0.25, 0.3) is 0 Å². The molecule has 1 aromatic rings. The molecule has 0 aliphatic heterocycles. The SMILES string of the molecule is Cc1ccccc1C(=O)N(C)C1CCC(ON)CC1. The van der Waals surface area contributed by atoms with Crippen molar-refractivity contribution < 1.29 is 9.63 Å². The summed E-state index contributed by atoms with van der Waals surface area (Å²) in [6, 6.07) is 8.02. The van der Waals surface area contributed by atoms with E-state index in [2.05, 4.69) is 0 Å². The van der Waals surface area contributed by atoms with Crippen molar-refractivity contribution in [2.45, 2.75) is 44.8 Å². The first-order valence-electron chi connectivity index (χ1n) is 6.81. The molecular formula is C15H22N2O2. The molecule has 0 spiro atoms. The maximum absolute atomic E-state index is 12.5. The molecule has 1 aromatic carbocycles. The molecule has 1 aliphatic carbocycles. The predicted molar refractivity (Wildman–Crippen MR) is 74.6 cm³/mol. The molecule has 0 unspecified atom stereocenters. The maximum Gasteiger partial charge on any atom is 0.254 e. The monoisotopic (exact) mass is 262 g/mol. The molecule has 0 radical (unpaired) electrons. The fraction of sp³-hybridized carbons (Fsp3) is 0.533. The Morgan fingerprint density at radius 3 is 2.47 bits per heavy atom. The third-order valence-electron chi connectivity index (χ3n) is 4.08. The molecule has 0 aromatic heterocycles. The Bertz CT molecular complexity index is 440. The highest BCUT2D eigenvalue weighted by molar-refractivity contribution is 5.95. The number of carbonyl (C=O) groups excluding carboxylic acids is 1. The van der Waals surface area contributed by atoms with E-state index >= 15 is 0 Å². The highest BCUT2D eigenvalue weighted by Crippen LogP contribution is 2.25. The van der Waals surface area contributed by atoms with E-state index in [0.717, 1.165) is 36.8 Å². The van der Waals surface area contributed by atoms with Crippen LogP contribution in [-0.2, 0) is 4.84 Å². The lowest BCUT2D eigenvalue weighted by Crippen LogP contribution is -2.41. The van der Waals surface area contributed by atoms with Gasteiger partial charge in [0.25, 0.3) is 5.91 Å². The van der Waals surface area contributed by atoms with Crippen LogP contribution in [0.1, 0.15) is 41.6 Å². The minimum Gasteiger partial charge on any atom is -0.339 e. The van der Waals surface area contributed by atoms with E-state index in [4.69, 9.17) is 10.7 Å². The Morgan fingerprint density at radius 1 is 1.26 bits per heavy atom. The quantitative estimate of drug-likeness (QED) is 0.850. The molecule has 0 atom stereocenters. The van der Waals surface area contributed by atoms with Crippen LogP contribution < -0.4 is 5.90 Å². The van der Waals surface area contributed by atoms with Crippen LogP contribution in [0.4, 0.5) is 0 Å². The second-order valence-corrected chi connectivity index (χ2v) is 5.30. The number of aryl methyl sites for hydroxylation is 1. The van der Waals surface area contributed by atoms with E-state index in [0.29, 0.717) is 6.04 Å². The molecule has 4 heteroatoms. The summed E-state index contributed by atoms with van der Waals surface area (Å²) >= 11 is 0. The summed E-state index contributed by atoms with van der Waals surface area (Å²) in [6.45, 7) is 1.97. The Labute approximate surface area is 114 Å². The van der Waals surface area contributed by atoms with E-state index in [-0.39, 0.29) is 12.0 Å². The Kier molecular flexibility index (Phi) is 4.56. The van der Waals surface area contributed by atoms with Gasteiger partial charge in [-0.2, -0.15) is 0 Å². The van der Waals surface area contributed by atoms with Crippen LogP contribution in [0, 0.1) is 6.92 Å². The summed E-state index contributed by atoms with van der Waals surface area (Å²) < 4.78 is 0. The van der Waals surface area contributed by atoms with Crippen molar-refractivity contribution in [3.63, 3.8) is 0 Å². The maximum atomic E-state index is 12.5. The first-order valence-corrected chi connectivity index (χ1v) is 6.81. The van der Waals surface area contributed by atoms with Gasteiger partial charge in [-0.3, -0.25) is 4.79 Å². The number of hydrogen-bond acceptors (Lipinski definition) is 3. The number of amides is 1. The zero-order chi connectivity index (χ0) is 13.8. The van der Waals surface area contributed by atoms with Gasteiger partial charge in [-0.25, -0.2) is 5.90 Å². The number of nitrogens with two attached hydrogens (primary N) is 1. The van der Waals surface area contributed by atoms with E-state index in [9.17, 15) is 4.79 Å². The third-order valence-corrected chi connectivity index (χ3v) is 4.08. The molecule has 0 saturated heterocycles. The smallest absolute Gasteiger partial charge is 0.254 e. The van der Waals surface area contributed by atoms with Crippen molar-refractivity contribution in [2.75, 3.05) is 7.05 Å². The molecule has 104 valence electrons. The van der Waals surface area contributed by atoms with Gasteiger partial charge in [-0.1, -0.05) is 18.2 Å². The molecule has 1 fully saturated rings. The lowest BCUT2D eigenvalue weighted by atomic mass is 9.91. The minimum absolute atomic E-state index is 0.107. The molecule has 4 nitrogen and oxygen atoms in total. The molecule has 1 saturated carbocycles.